The lowest BCUT2D eigenvalue weighted by atomic mass is 9.87. The molecule has 0 aromatic heterocycles. The molecule has 6 heteroatoms. The lowest BCUT2D eigenvalue weighted by molar-refractivity contribution is -0.149. The van der Waals surface area contributed by atoms with Crippen molar-refractivity contribution in [2.75, 3.05) is 19.1 Å². The highest BCUT2D eigenvalue weighted by molar-refractivity contribution is 6.18. The van der Waals surface area contributed by atoms with E-state index in [9.17, 15) is 9.59 Å². The second-order valence-electron chi connectivity index (χ2n) is 5.64. The van der Waals surface area contributed by atoms with Crippen LogP contribution in [0.4, 0.5) is 4.79 Å². The first-order valence-corrected chi connectivity index (χ1v) is 7.52. The Kier molecular flexibility index (Phi) is 9.38. The Balaban J connectivity index is 4.41. The maximum atomic E-state index is 12.0. The molecule has 0 saturated heterocycles. The summed E-state index contributed by atoms with van der Waals surface area (Å²) in [4.78, 5) is 23.6. The summed E-state index contributed by atoms with van der Waals surface area (Å²) in [7, 11) is 0. The molecular formula is C14H26ClNO4. The van der Waals surface area contributed by atoms with E-state index in [1.54, 1.807) is 0 Å². The molecule has 1 atom stereocenters. The highest BCUT2D eigenvalue weighted by Crippen LogP contribution is 2.20. The maximum Gasteiger partial charge on any atom is 0.407 e. The average molecular weight is 308 g/mol. The van der Waals surface area contributed by atoms with Gasteiger partial charge in [-0.2, -0.15) is 0 Å². The molecule has 1 unspecified atom stereocenters. The van der Waals surface area contributed by atoms with Gasteiger partial charge in [0.2, 0.25) is 0 Å². The highest BCUT2D eigenvalue weighted by atomic mass is 35.5. The zero-order valence-electron chi connectivity index (χ0n) is 12.8. The van der Waals surface area contributed by atoms with Gasteiger partial charge in [0.25, 0.3) is 0 Å². The fraction of sp³-hybridized carbons (Fsp3) is 0.857. The monoisotopic (exact) mass is 307 g/mol. The van der Waals surface area contributed by atoms with E-state index in [-0.39, 0.29) is 12.5 Å². The summed E-state index contributed by atoms with van der Waals surface area (Å²) in [6.45, 7) is 8.12. The van der Waals surface area contributed by atoms with Crippen molar-refractivity contribution in [3.05, 3.63) is 0 Å². The number of rotatable bonds is 8. The molecule has 0 spiro atoms. The number of carbonyl (C=O) groups is 2. The van der Waals surface area contributed by atoms with Crippen molar-refractivity contribution >= 4 is 23.7 Å². The minimum absolute atomic E-state index is 0.107. The molecule has 0 aliphatic heterocycles. The van der Waals surface area contributed by atoms with Crippen LogP contribution in [0.15, 0.2) is 0 Å². The van der Waals surface area contributed by atoms with Gasteiger partial charge in [-0.05, 0) is 11.8 Å². The zero-order chi connectivity index (χ0) is 15.6. The van der Waals surface area contributed by atoms with Crippen molar-refractivity contribution in [2.45, 2.75) is 53.0 Å². The molecular weight excluding hydrogens is 282 g/mol. The largest absolute Gasteiger partial charge is 0.464 e. The van der Waals surface area contributed by atoms with Crippen molar-refractivity contribution in [1.82, 2.24) is 5.32 Å². The van der Waals surface area contributed by atoms with Crippen LogP contribution in [0.5, 0.6) is 0 Å². The van der Waals surface area contributed by atoms with E-state index in [0.717, 1.165) is 19.3 Å². The van der Waals surface area contributed by atoms with Crippen LogP contribution in [0.2, 0.25) is 0 Å². The summed E-state index contributed by atoms with van der Waals surface area (Å²) >= 11 is 5.44. The van der Waals surface area contributed by atoms with Gasteiger partial charge in [-0.1, -0.05) is 40.5 Å². The summed E-state index contributed by atoms with van der Waals surface area (Å²) in [5.41, 5.74) is -0.457. The molecule has 1 amide bonds. The maximum absolute atomic E-state index is 12.0. The number of unbranched alkanes of at least 4 members (excludes halogenated alkanes) is 2. The molecule has 0 fully saturated rings. The number of alkyl halides is 1. The molecule has 118 valence electrons. The number of ether oxygens (including phenoxy) is 2. The number of nitrogens with one attached hydrogen (secondary N) is 1. The molecule has 20 heavy (non-hydrogen) atoms. The first-order chi connectivity index (χ1) is 9.32. The molecule has 0 bridgehead atoms. The molecule has 1 N–H and O–H groups in total. The number of halogens is 1. The first-order valence-electron chi connectivity index (χ1n) is 6.98. The summed E-state index contributed by atoms with van der Waals surface area (Å²) in [6.07, 6.45) is 2.24. The van der Waals surface area contributed by atoms with Gasteiger partial charge in [0.15, 0.2) is 0 Å². The molecule has 0 radical (unpaired) electrons. The molecule has 0 aliphatic rings. The van der Waals surface area contributed by atoms with Crippen LogP contribution in [0.1, 0.15) is 47.0 Å². The number of amides is 1. The molecule has 0 rings (SSSR count). The van der Waals surface area contributed by atoms with E-state index >= 15 is 0 Å². The van der Waals surface area contributed by atoms with Gasteiger partial charge in [-0.25, -0.2) is 9.59 Å². The van der Waals surface area contributed by atoms with Crippen LogP contribution in [-0.2, 0) is 14.3 Å². The van der Waals surface area contributed by atoms with Gasteiger partial charge >= 0.3 is 12.1 Å². The standard InChI is InChI=1S/C14H26ClNO4/c1-5-6-7-9-19-12(17)11(14(2,3)4)16-13(18)20-10-8-15/h11H,5-10H2,1-4H3,(H,16,18). The van der Waals surface area contributed by atoms with Crippen LogP contribution < -0.4 is 5.32 Å². The zero-order valence-corrected chi connectivity index (χ0v) is 13.6. The lowest BCUT2D eigenvalue weighted by Crippen LogP contribution is -2.50. The van der Waals surface area contributed by atoms with Gasteiger partial charge in [-0.3, -0.25) is 0 Å². The molecule has 5 nitrogen and oxygen atoms in total. The molecule has 0 aliphatic carbocycles. The third-order valence-corrected chi connectivity index (χ3v) is 2.82. The van der Waals surface area contributed by atoms with Gasteiger partial charge in [0.1, 0.15) is 12.6 Å². The molecule has 0 aromatic carbocycles. The predicted octanol–water partition coefficient (Wildman–Crippen LogP) is 3.10. The van der Waals surface area contributed by atoms with Crippen molar-refractivity contribution in [2.24, 2.45) is 5.41 Å². The molecule has 0 saturated carbocycles. The third kappa shape index (κ3) is 8.25. The van der Waals surface area contributed by atoms with Crippen molar-refractivity contribution in [3.8, 4) is 0 Å². The van der Waals surface area contributed by atoms with E-state index in [1.807, 2.05) is 20.8 Å². The average Bonchev–Trinajstić information content (AvgIpc) is 2.37. The quantitative estimate of drug-likeness (QED) is 0.425. The van der Waals surface area contributed by atoms with Crippen molar-refractivity contribution < 1.29 is 19.1 Å². The van der Waals surface area contributed by atoms with E-state index < -0.39 is 23.5 Å². The second-order valence-corrected chi connectivity index (χ2v) is 6.02. The van der Waals surface area contributed by atoms with E-state index in [1.165, 1.54) is 0 Å². The Hall–Kier alpha value is -0.970. The van der Waals surface area contributed by atoms with Gasteiger partial charge in [-0.15, -0.1) is 11.6 Å². The van der Waals surface area contributed by atoms with Crippen LogP contribution >= 0.6 is 11.6 Å². The Morgan fingerprint density at radius 3 is 2.30 bits per heavy atom. The van der Waals surface area contributed by atoms with Crippen molar-refractivity contribution in [3.63, 3.8) is 0 Å². The minimum atomic E-state index is -0.744. The predicted molar refractivity (Wildman–Crippen MR) is 78.9 cm³/mol. The topological polar surface area (TPSA) is 64.6 Å². The van der Waals surface area contributed by atoms with Gasteiger partial charge in [0, 0.05) is 0 Å². The number of hydrogen-bond acceptors (Lipinski definition) is 4. The van der Waals surface area contributed by atoms with E-state index in [0.29, 0.717) is 6.61 Å². The summed E-state index contributed by atoms with van der Waals surface area (Å²) in [5.74, 6) is -0.217. The normalized spacial score (nSPS) is 12.7. The van der Waals surface area contributed by atoms with Crippen LogP contribution in [0.25, 0.3) is 0 Å². The fourth-order valence-corrected chi connectivity index (χ4v) is 1.61. The number of carbonyl (C=O) groups excluding carboxylic acids is 2. The lowest BCUT2D eigenvalue weighted by Gasteiger charge is -2.29. The Morgan fingerprint density at radius 2 is 1.80 bits per heavy atom. The minimum Gasteiger partial charge on any atom is -0.464 e. The summed E-state index contributed by atoms with van der Waals surface area (Å²) in [5, 5.41) is 2.54. The van der Waals surface area contributed by atoms with Gasteiger partial charge < -0.3 is 14.8 Å². The Bertz CT molecular complexity index is 302. The number of hydrogen-bond donors (Lipinski definition) is 1. The highest BCUT2D eigenvalue weighted by Gasteiger charge is 2.34. The molecule has 0 aromatic rings. The Morgan fingerprint density at radius 1 is 1.15 bits per heavy atom. The summed E-state index contributed by atoms with van der Waals surface area (Å²) in [6, 6.07) is -0.744. The first kappa shape index (κ1) is 19.0. The summed E-state index contributed by atoms with van der Waals surface area (Å²) < 4.78 is 10.0. The van der Waals surface area contributed by atoms with Crippen molar-refractivity contribution in [1.29, 1.82) is 0 Å². The molecule has 0 heterocycles. The van der Waals surface area contributed by atoms with Crippen LogP contribution in [0, 0.1) is 5.41 Å². The van der Waals surface area contributed by atoms with Crippen LogP contribution in [0.3, 0.4) is 0 Å². The fourth-order valence-electron chi connectivity index (χ4n) is 1.53. The van der Waals surface area contributed by atoms with Gasteiger partial charge in [0.05, 0.1) is 12.5 Å². The SMILES string of the molecule is CCCCCOC(=O)C(NC(=O)OCCCl)C(C)(C)C. The van der Waals surface area contributed by atoms with Crippen LogP contribution in [-0.4, -0.2) is 37.2 Å². The van der Waals surface area contributed by atoms with E-state index in [4.69, 9.17) is 21.1 Å². The number of alkyl carbamates (subject to hydrolysis) is 1. The second kappa shape index (κ2) is 9.86. The Labute approximate surface area is 126 Å². The third-order valence-electron chi connectivity index (χ3n) is 2.67. The smallest absolute Gasteiger partial charge is 0.407 e. The van der Waals surface area contributed by atoms with E-state index in [2.05, 4.69) is 12.2 Å². The number of esters is 1.